The number of carbonyl (C=O) groups is 1. The summed E-state index contributed by atoms with van der Waals surface area (Å²) in [4.78, 5) is 18.6. The van der Waals surface area contributed by atoms with Crippen LogP contribution in [0.2, 0.25) is 0 Å². The Labute approximate surface area is 125 Å². The molecule has 0 aliphatic rings. The lowest BCUT2D eigenvalue weighted by atomic mass is 10.1. The van der Waals surface area contributed by atoms with Crippen LogP contribution in [0, 0.1) is 13.8 Å². The van der Waals surface area contributed by atoms with Crippen LogP contribution in [-0.4, -0.2) is 34.0 Å². The van der Waals surface area contributed by atoms with Gasteiger partial charge in [-0.1, -0.05) is 30.3 Å². The first-order valence-corrected chi connectivity index (χ1v) is 7.00. The summed E-state index contributed by atoms with van der Waals surface area (Å²) in [6.45, 7) is 4.46. The first kappa shape index (κ1) is 15.2. The van der Waals surface area contributed by atoms with Crippen molar-refractivity contribution in [1.29, 1.82) is 0 Å². The molecule has 110 valence electrons. The minimum atomic E-state index is -0.0992. The molecule has 0 saturated carbocycles. The van der Waals surface area contributed by atoms with Gasteiger partial charge in [0.05, 0.1) is 17.9 Å². The molecule has 0 saturated heterocycles. The van der Waals surface area contributed by atoms with Gasteiger partial charge in [0, 0.05) is 18.8 Å². The van der Waals surface area contributed by atoms with E-state index in [4.69, 9.17) is 0 Å². The second kappa shape index (κ2) is 6.99. The van der Waals surface area contributed by atoms with Crippen LogP contribution < -0.4 is 0 Å². The number of nitrogens with zero attached hydrogens (tertiary/aromatic N) is 2. The van der Waals surface area contributed by atoms with E-state index < -0.39 is 0 Å². The molecule has 0 fully saturated rings. The van der Waals surface area contributed by atoms with E-state index in [0.717, 1.165) is 17.0 Å². The third-order valence-corrected chi connectivity index (χ3v) is 3.33. The predicted molar refractivity (Wildman–Crippen MR) is 82.0 cm³/mol. The molecule has 1 aromatic carbocycles. The van der Waals surface area contributed by atoms with Crippen LogP contribution >= 0.6 is 0 Å². The van der Waals surface area contributed by atoms with E-state index in [-0.39, 0.29) is 12.5 Å². The third-order valence-electron chi connectivity index (χ3n) is 3.33. The Morgan fingerprint density at radius 3 is 2.48 bits per heavy atom. The van der Waals surface area contributed by atoms with Crippen molar-refractivity contribution in [2.75, 3.05) is 13.2 Å². The van der Waals surface area contributed by atoms with Crippen molar-refractivity contribution >= 4 is 5.91 Å². The minimum Gasteiger partial charge on any atom is -0.395 e. The summed E-state index contributed by atoms with van der Waals surface area (Å²) >= 11 is 0. The van der Waals surface area contributed by atoms with Crippen LogP contribution in [0.25, 0.3) is 0 Å². The quantitative estimate of drug-likeness (QED) is 0.917. The molecule has 0 atom stereocenters. The van der Waals surface area contributed by atoms with Crippen molar-refractivity contribution in [3.8, 4) is 0 Å². The molecule has 0 bridgehead atoms. The van der Waals surface area contributed by atoms with Gasteiger partial charge in [0.25, 0.3) is 5.91 Å². The van der Waals surface area contributed by atoms with Crippen LogP contribution in [0.3, 0.4) is 0 Å². The fourth-order valence-corrected chi connectivity index (χ4v) is 2.26. The Morgan fingerprint density at radius 1 is 1.14 bits per heavy atom. The van der Waals surface area contributed by atoms with Gasteiger partial charge in [-0.15, -0.1) is 0 Å². The summed E-state index contributed by atoms with van der Waals surface area (Å²) in [5.74, 6) is -0.0992. The number of benzene rings is 1. The highest BCUT2D eigenvalue weighted by atomic mass is 16.3. The fraction of sp³-hybridized carbons (Fsp3) is 0.294. The number of aliphatic hydroxyl groups is 1. The maximum absolute atomic E-state index is 12.6. The van der Waals surface area contributed by atoms with Gasteiger partial charge in [-0.2, -0.15) is 0 Å². The lowest BCUT2D eigenvalue weighted by Gasteiger charge is -2.22. The Hall–Kier alpha value is -2.20. The van der Waals surface area contributed by atoms with Gasteiger partial charge in [0.2, 0.25) is 0 Å². The number of aryl methyl sites for hydroxylation is 2. The minimum absolute atomic E-state index is 0.0586. The first-order valence-electron chi connectivity index (χ1n) is 7.00. The maximum atomic E-state index is 12.6. The van der Waals surface area contributed by atoms with Crippen molar-refractivity contribution < 1.29 is 9.90 Å². The molecule has 1 N–H and O–H groups in total. The average Bonchev–Trinajstić information content (AvgIpc) is 2.47. The number of hydrogen-bond acceptors (Lipinski definition) is 3. The molecule has 0 aliphatic carbocycles. The van der Waals surface area contributed by atoms with Gasteiger partial charge < -0.3 is 10.0 Å². The molecule has 0 unspecified atom stereocenters. The van der Waals surface area contributed by atoms with Crippen LogP contribution in [0.5, 0.6) is 0 Å². The van der Waals surface area contributed by atoms with E-state index in [0.29, 0.717) is 18.7 Å². The van der Waals surface area contributed by atoms with Crippen LogP contribution in [-0.2, 0) is 6.54 Å². The second-order valence-corrected chi connectivity index (χ2v) is 5.02. The van der Waals surface area contributed by atoms with Crippen LogP contribution in [0.15, 0.2) is 42.5 Å². The lowest BCUT2D eigenvalue weighted by Crippen LogP contribution is -2.33. The zero-order valence-corrected chi connectivity index (χ0v) is 12.4. The smallest absolute Gasteiger partial charge is 0.256 e. The number of rotatable bonds is 5. The van der Waals surface area contributed by atoms with Gasteiger partial charge >= 0.3 is 0 Å². The number of hydrogen-bond donors (Lipinski definition) is 1. The largest absolute Gasteiger partial charge is 0.395 e. The molecule has 0 aliphatic heterocycles. The molecule has 1 heterocycles. The third kappa shape index (κ3) is 3.89. The molecule has 0 spiro atoms. The predicted octanol–water partition coefficient (Wildman–Crippen LogP) is 2.33. The van der Waals surface area contributed by atoms with Gasteiger partial charge in [0.15, 0.2) is 0 Å². The van der Waals surface area contributed by atoms with Gasteiger partial charge in [-0.05, 0) is 31.5 Å². The number of aromatic nitrogens is 1. The van der Waals surface area contributed by atoms with E-state index in [2.05, 4.69) is 4.98 Å². The van der Waals surface area contributed by atoms with Gasteiger partial charge in [-0.25, -0.2) is 0 Å². The number of pyridine rings is 1. The molecule has 1 aromatic heterocycles. The second-order valence-electron chi connectivity index (χ2n) is 5.02. The molecule has 2 rings (SSSR count). The van der Waals surface area contributed by atoms with Crippen LogP contribution in [0.1, 0.15) is 27.3 Å². The van der Waals surface area contributed by atoms with Crippen molar-refractivity contribution in [2.45, 2.75) is 20.4 Å². The van der Waals surface area contributed by atoms with Gasteiger partial charge in [-0.3, -0.25) is 9.78 Å². The summed E-state index contributed by atoms with van der Waals surface area (Å²) in [5, 5.41) is 9.21. The average molecular weight is 284 g/mol. The maximum Gasteiger partial charge on any atom is 0.256 e. The monoisotopic (exact) mass is 284 g/mol. The molecular formula is C17H20N2O2. The van der Waals surface area contributed by atoms with E-state index >= 15 is 0 Å². The van der Waals surface area contributed by atoms with E-state index in [1.807, 2.05) is 50.2 Å². The highest BCUT2D eigenvalue weighted by Crippen LogP contribution is 2.13. The highest BCUT2D eigenvalue weighted by molar-refractivity contribution is 5.95. The zero-order chi connectivity index (χ0) is 15.2. The number of carbonyl (C=O) groups excluding carboxylic acids is 1. The van der Waals surface area contributed by atoms with E-state index in [1.165, 1.54) is 0 Å². The summed E-state index contributed by atoms with van der Waals surface area (Å²) < 4.78 is 0. The topological polar surface area (TPSA) is 53.4 Å². The van der Waals surface area contributed by atoms with E-state index in [1.54, 1.807) is 11.0 Å². The summed E-state index contributed by atoms with van der Waals surface area (Å²) in [5.41, 5.74) is 3.24. The molecule has 4 nitrogen and oxygen atoms in total. The Bertz CT molecular complexity index is 611. The first-order chi connectivity index (χ1) is 10.1. The Morgan fingerprint density at radius 2 is 1.86 bits per heavy atom. The molecular weight excluding hydrogens is 264 g/mol. The Balaban J connectivity index is 2.23. The van der Waals surface area contributed by atoms with Crippen molar-refractivity contribution in [3.05, 3.63) is 65.0 Å². The van der Waals surface area contributed by atoms with Crippen molar-refractivity contribution in [1.82, 2.24) is 9.88 Å². The van der Waals surface area contributed by atoms with E-state index in [9.17, 15) is 9.90 Å². The van der Waals surface area contributed by atoms with Crippen molar-refractivity contribution in [2.24, 2.45) is 0 Å². The molecule has 21 heavy (non-hydrogen) atoms. The van der Waals surface area contributed by atoms with Crippen LogP contribution in [0.4, 0.5) is 0 Å². The molecule has 2 aromatic rings. The molecule has 4 heteroatoms. The summed E-state index contributed by atoms with van der Waals surface area (Å²) in [6.07, 6.45) is 0. The molecule has 1 amide bonds. The zero-order valence-electron chi connectivity index (χ0n) is 12.4. The highest BCUT2D eigenvalue weighted by Gasteiger charge is 2.18. The summed E-state index contributed by atoms with van der Waals surface area (Å²) in [7, 11) is 0. The lowest BCUT2D eigenvalue weighted by molar-refractivity contribution is 0.0706. The number of amides is 1. The normalized spacial score (nSPS) is 10.4. The molecule has 0 radical (unpaired) electrons. The Kier molecular flexibility index (Phi) is 5.06. The standard InChI is InChI=1S/C17H20N2O2/c1-13-8-9-16(14(2)18-13)17(21)19(10-11-20)12-15-6-4-3-5-7-15/h3-9,20H,10-12H2,1-2H3. The van der Waals surface area contributed by atoms with Gasteiger partial charge in [0.1, 0.15) is 0 Å². The SMILES string of the molecule is Cc1ccc(C(=O)N(CCO)Cc2ccccc2)c(C)n1. The fourth-order valence-electron chi connectivity index (χ4n) is 2.26. The number of aliphatic hydroxyl groups excluding tert-OH is 1. The summed E-state index contributed by atoms with van der Waals surface area (Å²) in [6, 6.07) is 13.4. The van der Waals surface area contributed by atoms with Crippen molar-refractivity contribution in [3.63, 3.8) is 0 Å².